The zero-order valence-electron chi connectivity index (χ0n) is 20.2. The smallest absolute Gasteiger partial charge is 0.267 e. The van der Waals surface area contributed by atoms with E-state index in [-0.39, 0.29) is 23.3 Å². The van der Waals surface area contributed by atoms with E-state index >= 15 is 0 Å². The summed E-state index contributed by atoms with van der Waals surface area (Å²) in [4.78, 5) is 47.3. The van der Waals surface area contributed by atoms with Crippen LogP contribution in [-0.2, 0) is 9.59 Å². The van der Waals surface area contributed by atoms with Crippen molar-refractivity contribution in [3.05, 3.63) is 44.7 Å². The highest BCUT2D eigenvalue weighted by molar-refractivity contribution is 8.26. The Labute approximate surface area is 214 Å². The number of carbonyl (C=O) groups excluding carboxylic acids is 2. The fourth-order valence-corrected chi connectivity index (χ4v) is 5.80. The van der Waals surface area contributed by atoms with Crippen molar-refractivity contribution in [2.45, 2.75) is 52.4 Å². The first kappa shape index (κ1) is 25.4. The highest BCUT2D eigenvalue weighted by Crippen LogP contribution is 2.34. The number of carbonyl (C=O) groups is 2. The molecule has 2 saturated heterocycles. The second-order valence-corrected chi connectivity index (χ2v) is 10.8. The monoisotopic (exact) mass is 513 g/mol. The van der Waals surface area contributed by atoms with Gasteiger partial charge in [-0.1, -0.05) is 56.2 Å². The first-order valence-corrected chi connectivity index (χ1v) is 13.3. The summed E-state index contributed by atoms with van der Waals surface area (Å²) in [7, 11) is 0. The van der Waals surface area contributed by atoms with Crippen LogP contribution in [0.5, 0.6) is 0 Å². The van der Waals surface area contributed by atoms with Gasteiger partial charge in [0.2, 0.25) is 5.91 Å². The average molecular weight is 514 g/mol. The normalized spacial score (nSPS) is 18.3. The summed E-state index contributed by atoms with van der Waals surface area (Å²) in [6.07, 6.45) is 8.79. The maximum absolute atomic E-state index is 13.6. The summed E-state index contributed by atoms with van der Waals surface area (Å²) in [6, 6.07) is 3.73. The Hall–Kier alpha value is -2.72. The highest BCUT2D eigenvalue weighted by Gasteiger charge is 2.33. The van der Waals surface area contributed by atoms with Gasteiger partial charge in [0.05, 0.1) is 10.5 Å². The van der Waals surface area contributed by atoms with Crippen LogP contribution in [-0.4, -0.2) is 50.1 Å². The van der Waals surface area contributed by atoms with E-state index in [9.17, 15) is 14.4 Å². The van der Waals surface area contributed by atoms with Crippen LogP contribution >= 0.6 is 24.0 Å². The van der Waals surface area contributed by atoms with Crippen molar-refractivity contribution in [3.8, 4) is 0 Å². The van der Waals surface area contributed by atoms with Crippen LogP contribution in [0.25, 0.3) is 11.7 Å². The third-order valence-electron chi connectivity index (χ3n) is 6.57. The van der Waals surface area contributed by atoms with Crippen LogP contribution in [0.3, 0.4) is 0 Å². The SMILES string of the molecule is CCCCCCN1C(=O)C(=Cc2c(N3CCC(C(N)=O)CC3)nc3ccc(C)cn3c2=O)SC1=S. The van der Waals surface area contributed by atoms with E-state index in [0.29, 0.717) is 58.7 Å². The first-order valence-electron chi connectivity index (χ1n) is 12.1. The molecule has 0 spiro atoms. The number of thioether (sulfide) groups is 1. The molecule has 0 unspecified atom stereocenters. The molecule has 0 atom stereocenters. The van der Waals surface area contributed by atoms with E-state index in [4.69, 9.17) is 22.9 Å². The lowest BCUT2D eigenvalue weighted by atomic mass is 9.96. The van der Waals surface area contributed by atoms with Crippen molar-refractivity contribution in [3.63, 3.8) is 0 Å². The maximum atomic E-state index is 13.6. The molecule has 0 saturated carbocycles. The Kier molecular flexibility index (Phi) is 7.91. The van der Waals surface area contributed by atoms with Crippen molar-refractivity contribution in [1.29, 1.82) is 0 Å². The standard InChI is InChI=1S/C25H31N5O3S2/c1-3-4-5-6-11-29-24(33)19(35-25(29)34)14-18-22(28-12-9-17(10-13-28)21(26)31)27-20-8-7-16(2)15-30(20)23(18)32/h7-8,14-15,17H,3-6,9-13H2,1-2H3,(H2,26,31). The molecule has 8 nitrogen and oxygen atoms in total. The largest absolute Gasteiger partial charge is 0.369 e. The second-order valence-electron chi connectivity index (χ2n) is 9.15. The summed E-state index contributed by atoms with van der Waals surface area (Å²) < 4.78 is 2.04. The van der Waals surface area contributed by atoms with Crippen molar-refractivity contribution < 1.29 is 9.59 Å². The van der Waals surface area contributed by atoms with Crippen LogP contribution < -0.4 is 16.2 Å². The number of nitrogens with zero attached hydrogens (tertiary/aromatic N) is 4. The number of unbranched alkanes of at least 4 members (excludes halogenated alkanes) is 3. The molecule has 4 rings (SSSR count). The van der Waals surface area contributed by atoms with Crippen LogP contribution in [0.2, 0.25) is 0 Å². The number of hydrogen-bond donors (Lipinski definition) is 1. The van der Waals surface area contributed by atoms with Gasteiger partial charge in [-0.05, 0) is 43.9 Å². The third-order valence-corrected chi connectivity index (χ3v) is 7.94. The Balaban J connectivity index is 1.71. The zero-order chi connectivity index (χ0) is 25.1. The van der Waals surface area contributed by atoms with Crippen molar-refractivity contribution in [2.75, 3.05) is 24.5 Å². The summed E-state index contributed by atoms with van der Waals surface area (Å²) in [5.41, 5.74) is 7.09. The second kappa shape index (κ2) is 10.9. The van der Waals surface area contributed by atoms with Crippen LogP contribution in [0.1, 0.15) is 56.6 Å². The Morgan fingerprint density at radius 1 is 1.23 bits per heavy atom. The molecule has 2 N–H and O–H groups in total. The number of piperidine rings is 1. The molecule has 2 amide bonds. The molecule has 186 valence electrons. The zero-order valence-corrected chi connectivity index (χ0v) is 21.8. The molecule has 2 aliphatic heterocycles. The fraction of sp³-hybridized carbons (Fsp3) is 0.480. The van der Waals surface area contributed by atoms with E-state index < -0.39 is 0 Å². The van der Waals surface area contributed by atoms with Gasteiger partial charge in [-0.15, -0.1) is 0 Å². The van der Waals surface area contributed by atoms with E-state index in [1.54, 1.807) is 17.2 Å². The molecule has 0 bridgehead atoms. The number of amides is 2. The number of thiocarbonyl (C=S) groups is 1. The molecule has 0 radical (unpaired) electrons. The minimum atomic E-state index is -0.297. The van der Waals surface area contributed by atoms with E-state index in [1.807, 2.05) is 24.0 Å². The van der Waals surface area contributed by atoms with Crippen LogP contribution in [0.4, 0.5) is 5.82 Å². The molecular formula is C25H31N5O3S2. The topological polar surface area (TPSA) is 101 Å². The molecule has 0 aliphatic carbocycles. The number of aryl methyl sites for hydroxylation is 1. The minimum absolute atomic E-state index is 0.163. The van der Waals surface area contributed by atoms with E-state index in [1.165, 1.54) is 16.2 Å². The Bertz CT molecular complexity index is 1250. The molecule has 2 aliphatic rings. The maximum Gasteiger partial charge on any atom is 0.267 e. The first-order chi connectivity index (χ1) is 16.8. The van der Waals surface area contributed by atoms with Crippen molar-refractivity contribution in [1.82, 2.24) is 14.3 Å². The highest BCUT2D eigenvalue weighted by atomic mass is 32.2. The van der Waals surface area contributed by atoms with Gasteiger partial charge in [-0.3, -0.25) is 23.7 Å². The quantitative estimate of drug-likeness (QED) is 0.328. The van der Waals surface area contributed by atoms with Gasteiger partial charge in [-0.25, -0.2) is 4.98 Å². The molecule has 2 aromatic heterocycles. The summed E-state index contributed by atoms with van der Waals surface area (Å²) in [5, 5.41) is 0. The molecule has 2 fully saturated rings. The minimum Gasteiger partial charge on any atom is -0.369 e. The number of hydrogen-bond acceptors (Lipinski definition) is 7. The molecule has 0 aromatic carbocycles. The van der Waals surface area contributed by atoms with Gasteiger partial charge in [0.15, 0.2) is 0 Å². The van der Waals surface area contributed by atoms with Gasteiger partial charge >= 0.3 is 0 Å². The van der Waals surface area contributed by atoms with E-state index in [2.05, 4.69) is 6.92 Å². The fourth-order valence-electron chi connectivity index (χ4n) is 4.51. The molecule has 35 heavy (non-hydrogen) atoms. The lowest BCUT2D eigenvalue weighted by Gasteiger charge is -2.32. The molecule has 2 aromatic rings. The van der Waals surface area contributed by atoms with Gasteiger partial charge < -0.3 is 10.6 Å². The number of anilines is 1. The molecule has 10 heteroatoms. The number of primary amides is 1. The van der Waals surface area contributed by atoms with Crippen LogP contribution in [0, 0.1) is 12.8 Å². The van der Waals surface area contributed by atoms with Crippen molar-refractivity contribution >= 4 is 57.7 Å². The van der Waals surface area contributed by atoms with Gasteiger partial charge in [-0.2, -0.15) is 0 Å². The number of pyridine rings is 1. The number of rotatable bonds is 8. The predicted octanol–water partition coefficient (Wildman–Crippen LogP) is 3.49. The number of nitrogens with two attached hydrogens (primary N) is 1. The average Bonchev–Trinajstić information content (AvgIpc) is 3.11. The Morgan fingerprint density at radius 3 is 2.66 bits per heavy atom. The number of fused-ring (bicyclic) bond motifs is 1. The summed E-state index contributed by atoms with van der Waals surface area (Å²) in [6.45, 7) is 5.76. The van der Waals surface area contributed by atoms with Gasteiger partial charge in [0.1, 0.15) is 15.8 Å². The van der Waals surface area contributed by atoms with Crippen LogP contribution in [0.15, 0.2) is 28.0 Å². The van der Waals surface area contributed by atoms with Gasteiger partial charge in [0, 0.05) is 31.7 Å². The van der Waals surface area contributed by atoms with E-state index in [0.717, 1.165) is 31.2 Å². The Morgan fingerprint density at radius 2 is 1.97 bits per heavy atom. The number of aromatic nitrogens is 2. The summed E-state index contributed by atoms with van der Waals surface area (Å²) >= 11 is 6.72. The van der Waals surface area contributed by atoms with Gasteiger partial charge in [0.25, 0.3) is 11.5 Å². The molecular weight excluding hydrogens is 482 g/mol. The third kappa shape index (κ3) is 5.43. The lowest BCUT2D eigenvalue weighted by molar-refractivity contribution is -0.123. The lowest BCUT2D eigenvalue weighted by Crippen LogP contribution is -2.40. The molecule has 4 heterocycles. The van der Waals surface area contributed by atoms with Crippen molar-refractivity contribution in [2.24, 2.45) is 11.7 Å². The summed E-state index contributed by atoms with van der Waals surface area (Å²) in [5.74, 6) is -0.115. The predicted molar refractivity (Wildman–Crippen MR) is 144 cm³/mol.